The zero-order valence-electron chi connectivity index (χ0n) is 11.2. The molecule has 17 heavy (non-hydrogen) atoms. The maximum atomic E-state index is 2.29. The van der Waals surface area contributed by atoms with E-state index in [0.29, 0.717) is 0 Å². The smallest absolute Gasteiger partial charge is 0.0405 e. The third kappa shape index (κ3) is 2.46. The lowest BCUT2D eigenvalue weighted by atomic mass is 9.86. The lowest BCUT2D eigenvalue weighted by Crippen LogP contribution is -2.37. The van der Waals surface area contributed by atoms with Crippen molar-refractivity contribution in [3.8, 4) is 0 Å². The third-order valence-electron chi connectivity index (χ3n) is 3.47. The van der Waals surface area contributed by atoms with Crippen molar-refractivity contribution in [2.24, 2.45) is 0 Å². The van der Waals surface area contributed by atoms with Crippen LogP contribution in [0.4, 0.5) is 0 Å². The van der Waals surface area contributed by atoms with Gasteiger partial charge in [0.05, 0.1) is 0 Å². The second-order valence-corrected chi connectivity index (χ2v) is 5.98. The van der Waals surface area contributed by atoms with Crippen molar-refractivity contribution in [3.05, 3.63) is 49.1 Å². The van der Waals surface area contributed by atoms with Gasteiger partial charge in [-0.05, 0) is 58.4 Å². The molecule has 0 aromatic carbocycles. The van der Waals surface area contributed by atoms with Crippen molar-refractivity contribution in [1.82, 2.24) is 9.13 Å². The summed E-state index contributed by atoms with van der Waals surface area (Å²) in [5.74, 6) is 0. The number of aromatic nitrogens is 2. The first-order valence-corrected chi connectivity index (χ1v) is 6.19. The Labute approximate surface area is 104 Å². The van der Waals surface area contributed by atoms with Gasteiger partial charge in [0.25, 0.3) is 0 Å². The highest BCUT2D eigenvalue weighted by Crippen LogP contribution is 2.31. The van der Waals surface area contributed by atoms with Crippen molar-refractivity contribution in [3.63, 3.8) is 0 Å². The molecule has 0 spiro atoms. The summed E-state index contributed by atoms with van der Waals surface area (Å²) < 4.78 is 4.58. The summed E-state index contributed by atoms with van der Waals surface area (Å²) in [6.45, 7) is 9.16. The average Bonchev–Trinajstić information content (AvgIpc) is 2.91. The summed E-state index contributed by atoms with van der Waals surface area (Å²) >= 11 is 0. The van der Waals surface area contributed by atoms with Gasteiger partial charge in [-0.2, -0.15) is 0 Å². The largest absolute Gasteiger partial charge is 0.349 e. The fourth-order valence-electron chi connectivity index (χ4n) is 2.72. The minimum atomic E-state index is 0.122. The summed E-state index contributed by atoms with van der Waals surface area (Å²) in [7, 11) is 0. The third-order valence-corrected chi connectivity index (χ3v) is 3.47. The van der Waals surface area contributed by atoms with E-state index in [-0.39, 0.29) is 11.1 Å². The van der Waals surface area contributed by atoms with Crippen LogP contribution in [-0.4, -0.2) is 9.13 Å². The van der Waals surface area contributed by atoms with Crippen molar-refractivity contribution in [2.45, 2.75) is 45.2 Å². The van der Waals surface area contributed by atoms with Gasteiger partial charge in [-0.1, -0.05) is 0 Å². The van der Waals surface area contributed by atoms with Gasteiger partial charge in [-0.25, -0.2) is 0 Å². The highest BCUT2D eigenvalue weighted by atomic mass is 15.1. The van der Waals surface area contributed by atoms with E-state index >= 15 is 0 Å². The summed E-state index contributed by atoms with van der Waals surface area (Å²) in [6, 6.07) is 8.35. The monoisotopic (exact) mass is 230 g/mol. The molecular formula is C15H22N2. The predicted octanol–water partition coefficient (Wildman–Crippen LogP) is 3.85. The van der Waals surface area contributed by atoms with E-state index in [4.69, 9.17) is 0 Å². The van der Waals surface area contributed by atoms with Crippen LogP contribution in [0.5, 0.6) is 0 Å². The fraction of sp³-hybridized carbons (Fsp3) is 0.467. The maximum Gasteiger partial charge on any atom is 0.0405 e. The zero-order valence-corrected chi connectivity index (χ0v) is 11.2. The Morgan fingerprint density at radius 1 is 0.647 bits per heavy atom. The highest BCUT2D eigenvalue weighted by Gasteiger charge is 2.30. The molecule has 2 aromatic heterocycles. The molecule has 0 atom stereocenters. The predicted molar refractivity (Wildman–Crippen MR) is 72.1 cm³/mol. The van der Waals surface area contributed by atoms with E-state index < -0.39 is 0 Å². The Hall–Kier alpha value is -1.44. The molecular weight excluding hydrogens is 208 g/mol. The standard InChI is InChI=1S/C15H22N2/c1-14(2,16-9-5-6-10-16)13-15(3,4)17-11-7-8-12-17/h5-12H,13H2,1-4H3. The van der Waals surface area contributed by atoms with E-state index in [1.54, 1.807) is 0 Å². The van der Waals surface area contributed by atoms with Crippen LogP contribution in [0.2, 0.25) is 0 Å². The number of nitrogens with zero attached hydrogens (tertiary/aromatic N) is 2. The molecule has 0 bridgehead atoms. The van der Waals surface area contributed by atoms with Gasteiger partial charge >= 0.3 is 0 Å². The summed E-state index contributed by atoms with van der Waals surface area (Å²) in [5, 5.41) is 0. The fourth-order valence-corrected chi connectivity index (χ4v) is 2.72. The Kier molecular flexibility index (Phi) is 2.90. The van der Waals surface area contributed by atoms with E-state index in [1.807, 2.05) is 0 Å². The van der Waals surface area contributed by atoms with Crippen molar-refractivity contribution >= 4 is 0 Å². The van der Waals surface area contributed by atoms with Gasteiger partial charge in [0.15, 0.2) is 0 Å². The molecule has 92 valence electrons. The minimum absolute atomic E-state index is 0.122. The topological polar surface area (TPSA) is 9.86 Å². The molecule has 0 amide bonds. The molecule has 0 saturated carbocycles. The molecule has 0 aliphatic rings. The molecule has 0 N–H and O–H groups in total. The second kappa shape index (κ2) is 4.10. The van der Waals surface area contributed by atoms with Crippen LogP contribution in [0.1, 0.15) is 34.1 Å². The van der Waals surface area contributed by atoms with Gasteiger partial charge < -0.3 is 9.13 Å². The van der Waals surface area contributed by atoms with Crippen molar-refractivity contribution < 1.29 is 0 Å². The molecule has 2 rings (SSSR count). The normalized spacial score (nSPS) is 12.9. The molecule has 0 fully saturated rings. The number of rotatable bonds is 4. The van der Waals surface area contributed by atoms with Gasteiger partial charge in [-0.15, -0.1) is 0 Å². The molecule has 0 aliphatic heterocycles. The highest BCUT2D eigenvalue weighted by molar-refractivity contribution is 5.01. The lowest BCUT2D eigenvalue weighted by Gasteiger charge is -2.37. The van der Waals surface area contributed by atoms with Crippen LogP contribution < -0.4 is 0 Å². The van der Waals surface area contributed by atoms with Crippen LogP contribution in [0.15, 0.2) is 49.1 Å². The Balaban J connectivity index is 2.21. The quantitative estimate of drug-likeness (QED) is 0.755. The Morgan fingerprint density at radius 3 is 1.24 bits per heavy atom. The SMILES string of the molecule is CC(C)(CC(C)(C)n1cccc1)n1cccc1. The summed E-state index contributed by atoms with van der Waals surface area (Å²) in [5.41, 5.74) is 0.245. The average molecular weight is 230 g/mol. The van der Waals surface area contributed by atoms with E-state index in [2.05, 4.69) is 85.9 Å². The molecule has 2 heteroatoms. The molecule has 2 aromatic rings. The molecule has 0 radical (unpaired) electrons. The number of hydrogen-bond donors (Lipinski definition) is 0. The van der Waals surface area contributed by atoms with Crippen LogP contribution in [0, 0.1) is 0 Å². The Morgan fingerprint density at radius 2 is 0.941 bits per heavy atom. The van der Waals surface area contributed by atoms with Crippen LogP contribution >= 0.6 is 0 Å². The van der Waals surface area contributed by atoms with Gasteiger partial charge in [0.2, 0.25) is 0 Å². The van der Waals surface area contributed by atoms with Crippen LogP contribution in [-0.2, 0) is 11.1 Å². The van der Waals surface area contributed by atoms with E-state index in [9.17, 15) is 0 Å². The lowest BCUT2D eigenvalue weighted by molar-refractivity contribution is 0.200. The van der Waals surface area contributed by atoms with Gasteiger partial charge in [0, 0.05) is 35.9 Å². The van der Waals surface area contributed by atoms with Crippen LogP contribution in [0.3, 0.4) is 0 Å². The minimum Gasteiger partial charge on any atom is -0.349 e. The first kappa shape index (κ1) is 12.0. The first-order chi connectivity index (χ1) is 7.92. The molecule has 0 saturated heterocycles. The zero-order chi connectivity index (χ0) is 12.5. The maximum absolute atomic E-state index is 2.29. The van der Waals surface area contributed by atoms with E-state index in [1.165, 1.54) is 0 Å². The second-order valence-electron chi connectivity index (χ2n) is 5.98. The summed E-state index contributed by atoms with van der Waals surface area (Å²) in [6.07, 6.45) is 9.66. The van der Waals surface area contributed by atoms with E-state index in [0.717, 1.165) is 6.42 Å². The molecule has 0 aliphatic carbocycles. The van der Waals surface area contributed by atoms with Gasteiger partial charge in [-0.3, -0.25) is 0 Å². The summed E-state index contributed by atoms with van der Waals surface area (Å²) in [4.78, 5) is 0. The Bertz CT molecular complexity index is 403. The van der Waals surface area contributed by atoms with Crippen molar-refractivity contribution in [1.29, 1.82) is 0 Å². The molecule has 2 nitrogen and oxygen atoms in total. The molecule has 0 unspecified atom stereocenters. The first-order valence-electron chi connectivity index (χ1n) is 6.19. The van der Waals surface area contributed by atoms with Crippen LogP contribution in [0.25, 0.3) is 0 Å². The molecule has 2 heterocycles. The number of hydrogen-bond acceptors (Lipinski definition) is 0. The van der Waals surface area contributed by atoms with Gasteiger partial charge in [0.1, 0.15) is 0 Å². The van der Waals surface area contributed by atoms with Crippen molar-refractivity contribution in [2.75, 3.05) is 0 Å².